The standard InChI is InChI=1S/C18H16Cl2N2O4/c19-12-1-2-15(22-3-5-24-6-4-22)14(9-12)21-18(23)11-7-13(20)17-16(8-11)25-10-26-17/h1-2,7-9H,3-6,10H2,(H,21,23). The molecule has 2 aliphatic rings. The first kappa shape index (κ1) is 17.3. The van der Waals surface area contributed by atoms with E-state index in [0.29, 0.717) is 46.0 Å². The van der Waals surface area contributed by atoms with Crippen LogP contribution in [0.4, 0.5) is 11.4 Å². The molecule has 1 saturated heterocycles. The maximum atomic E-state index is 12.8. The first-order chi connectivity index (χ1) is 12.6. The third-order valence-corrected chi connectivity index (χ3v) is 4.76. The monoisotopic (exact) mass is 394 g/mol. The van der Waals surface area contributed by atoms with Gasteiger partial charge in [-0.05, 0) is 30.3 Å². The molecule has 1 N–H and O–H groups in total. The Morgan fingerprint density at radius 3 is 2.69 bits per heavy atom. The van der Waals surface area contributed by atoms with Crippen molar-refractivity contribution in [3.63, 3.8) is 0 Å². The molecule has 26 heavy (non-hydrogen) atoms. The molecule has 2 heterocycles. The van der Waals surface area contributed by atoms with Crippen molar-refractivity contribution in [1.29, 1.82) is 0 Å². The van der Waals surface area contributed by atoms with Crippen LogP contribution < -0.4 is 19.7 Å². The van der Waals surface area contributed by atoms with Crippen LogP contribution in [0.5, 0.6) is 11.5 Å². The van der Waals surface area contributed by atoms with Crippen molar-refractivity contribution < 1.29 is 19.0 Å². The fraction of sp³-hybridized carbons (Fsp3) is 0.278. The average Bonchev–Trinajstić information content (AvgIpc) is 3.12. The van der Waals surface area contributed by atoms with Gasteiger partial charge >= 0.3 is 0 Å². The van der Waals surface area contributed by atoms with E-state index < -0.39 is 0 Å². The highest BCUT2D eigenvalue weighted by molar-refractivity contribution is 6.33. The van der Waals surface area contributed by atoms with Crippen LogP contribution in [-0.2, 0) is 4.74 Å². The van der Waals surface area contributed by atoms with Gasteiger partial charge in [0.2, 0.25) is 6.79 Å². The van der Waals surface area contributed by atoms with Crippen molar-refractivity contribution >= 4 is 40.5 Å². The van der Waals surface area contributed by atoms with Gasteiger partial charge in [0.25, 0.3) is 5.91 Å². The van der Waals surface area contributed by atoms with Gasteiger partial charge in [-0.2, -0.15) is 0 Å². The van der Waals surface area contributed by atoms with E-state index in [1.165, 1.54) is 0 Å². The fourth-order valence-corrected chi connectivity index (χ4v) is 3.42. The molecule has 0 bridgehead atoms. The van der Waals surface area contributed by atoms with Gasteiger partial charge in [0.05, 0.1) is 29.6 Å². The van der Waals surface area contributed by atoms with Crippen molar-refractivity contribution in [3.8, 4) is 11.5 Å². The first-order valence-electron chi connectivity index (χ1n) is 8.14. The second kappa shape index (κ2) is 7.23. The average molecular weight is 395 g/mol. The third-order valence-electron chi connectivity index (χ3n) is 4.25. The SMILES string of the molecule is O=C(Nc1cc(Cl)ccc1N1CCOCC1)c1cc(Cl)c2c(c1)OCO2. The summed E-state index contributed by atoms with van der Waals surface area (Å²) in [5, 5.41) is 3.80. The third kappa shape index (κ3) is 3.40. The van der Waals surface area contributed by atoms with Gasteiger partial charge in [-0.3, -0.25) is 4.79 Å². The quantitative estimate of drug-likeness (QED) is 0.857. The van der Waals surface area contributed by atoms with Gasteiger partial charge in [0.15, 0.2) is 11.5 Å². The maximum absolute atomic E-state index is 12.8. The predicted molar refractivity (Wildman–Crippen MR) is 100 cm³/mol. The van der Waals surface area contributed by atoms with Crippen molar-refractivity contribution in [2.24, 2.45) is 0 Å². The largest absolute Gasteiger partial charge is 0.454 e. The Hall–Kier alpha value is -2.15. The van der Waals surface area contributed by atoms with Crippen LogP contribution in [0.15, 0.2) is 30.3 Å². The molecule has 6 nitrogen and oxygen atoms in total. The Kier molecular flexibility index (Phi) is 4.80. The zero-order chi connectivity index (χ0) is 18.1. The lowest BCUT2D eigenvalue weighted by molar-refractivity contribution is 0.102. The van der Waals surface area contributed by atoms with Gasteiger partial charge in [0.1, 0.15) is 0 Å². The van der Waals surface area contributed by atoms with E-state index in [9.17, 15) is 4.79 Å². The summed E-state index contributed by atoms with van der Waals surface area (Å²) in [6.45, 7) is 2.89. The summed E-state index contributed by atoms with van der Waals surface area (Å²) in [5.74, 6) is 0.615. The minimum atomic E-state index is -0.304. The zero-order valence-electron chi connectivity index (χ0n) is 13.8. The number of rotatable bonds is 3. The lowest BCUT2D eigenvalue weighted by atomic mass is 10.1. The molecular formula is C18H16Cl2N2O4. The molecular weight excluding hydrogens is 379 g/mol. The summed E-state index contributed by atoms with van der Waals surface area (Å²) >= 11 is 12.3. The number of carbonyl (C=O) groups is 1. The number of anilines is 2. The maximum Gasteiger partial charge on any atom is 0.255 e. The second-order valence-corrected chi connectivity index (χ2v) is 6.75. The molecule has 0 aromatic heterocycles. The number of hydrogen-bond acceptors (Lipinski definition) is 5. The molecule has 2 aromatic rings. The van der Waals surface area contributed by atoms with E-state index in [4.69, 9.17) is 37.4 Å². The van der Waals surface area contributed by atoms with E-state index in [0.717, 1.165) is 18.8 Å². The van der Waals surface area contributed by atoms with Crippen LogP contribution in [0.25, 0.3) is 0 Å². The van der Waals surface area contributed by atoms with E-state index >= 15 is 0 Å². The van der Waals surface area contributed by atoms with E-state index in [1.54, 1.807) is 24.3 Å². The minimum Gasteiger partial charge on any atom is -0.454 e. The lowest BCUT2D eigenvalue weighted by Crippen LogP contribution is -2.36. The van der Waals surface area contributed by atoms with Gasteiger partial charge in [-0.15, -0.1) is 0 Å². The Balaban J connectivity index is 1.61. The molecule has 0 saturated carbocycles. The van der Waals surface area contributed by atoms with Crippen molar-refractivity contribution in [2.75, 3.05) is 43.3 Å². The second-order valence-electron chi connectivity index (χ2n) is 5.91. The molecule has 136 valence electrons. The normalized spacial score (nSPS) is 15.8. The molecule has 4 rings (SSSR count). The van der Waals surface area contributed by atoms with Gasteiger partial charge < -0.3 is 24.4 Å². The molecule has 2 aromatic carbocycles. The number of halogens is 2. The number of morpholine rings is 1. The Labute approximate surface area is 160 Å². The molecule has 0 spiro atoms. The van der Waals surface area contributed by atoms with Gasteiger partial charge in [-0.25, -0.2) is 0 Å². The molecule has 1 fully saturated rings. The van der Waals surface area contributed by atoms with Crippen LogP contribution >= 0.6 is 23.2 Å². The zero-order valence-corrected chi connectivity index (χ0v) is 15.3. The highest BCUT2D eigenvalue weighted by Gasteiger charge is 2.22. The Bertz CT molecular complexity index is 853. The van der Waals surface area contributed by atoms with Crippen LogP contribution in [-0.4, -0.2) is 39.0 Å². The summed E-state index contributed by atoms with van der Waals surface area (Å²) in [4.78, 5) is 14.9. The number of fused-ring (bicyclic) bond motifs is 1. The van der Waals surface area contributed by atoms with Gasteiger partial charge in [-0.1, -0.05) is 23.2 Å². The summed E-state index contributed by atoms with van der Waals surface area (Å²) in [6.07, 6.45) is 0. The van der Waals surface area contributed by atoms with Crippen LogP contribution in [0, 0.1) is 0 Å². The number of nitrogens with zero attached hydrogens (tertiary/aromatic N) is 1. The molecule has 0 radical (unpaired) electrons. The number of carbonyl (C=O) groups excluding carboxylic acids is 1. The molecule has 1 amide bonds. The molecule has 0 atom stereocenters. The van der Waals surface area contributed by atoms with Gasteiger partial charge in [0, 0.05) is 23.7 Å². The molecule has 2 aliphatic heterocycles. The summed E-state index contributed by atoms with van der Waals surface area (Å²) < 4.78 is 16.0. The highest BCUT2D eigenvalue weighted by atomic mass is 35.5. The first-order valence-corrected chi connectivity index (χ1v) is 8.90. The topological polar surface area (TPSA) is 60.0 Å². The number of benzene rings is 2. The number of ether oxygens (including phenoxy) is 3. The molecule has 0 unspecified atom stereocenters. The smallest absolute Gasteiger partial charge is 0.255 e. The summed E-state index contributed by atoms with van der Waals surface area (Å²) in [5.41, 5.74) is 1.92. The molecule has 0 aliphatic carbocycles. The highest BCUT2D eigenvalue weighted by Crippen LogP contribution is 2.40. The Morgan fingerprint density at radius 2 is 1.88 bits per heavy atom. The van der Waals surface area contributed by atoms with Crippen molar-refractivity contribution in [1.82, 2.24) is 0 Å². The fourth-order valence-electron chi connectivity index (χ4n) is 2.98. The molecule has 8 heteroatoms. The predicted octanol–water partition coefficient (Wildman–Crippen LogP) is 3.81. The number of nitrogens with one attached hydrogen (secondary N) is 1. The summed E-state index contributed by atoms with van der Waals surface area (Å²) in [6, 6.07) is 8.61. The Morgan fingerprint density at radius 1 is 1.08 bits per heavy atom. The van der Waals surface area contributed by atoms with Crippen LogP contribution in [0.2, 0.25) is 10.0 Å². The van der Waals surface area contributed by atoms with Crippen molar-refractivity contribution in [3.05, 3.63) is 45.9 Å². The van der Waals surface area contributed by atoms with E-state index in [1.807, 2.05) is 6.07 Å². The van der Waals surface area contributed by atoms with E-state index in [-0.39, 0.29) is 12.7 Å². The summed E-state index contributed by atoms with van der Waals surface area (Å²) in [7, 11) is 0. The van der Waals surface area contributed by atoms with E-state index in [2.05, 4.69) is 10.2 Å². The minimum absolute atomic E-state index is 0.0929. The number of hydrogen-bond donors (Lipinski definition) is 1. The lowest BCUT2D eigenvalue weighted by Gasteiger charge is -2.30. The van der Waals surface area contributed by atoms with Crippen molar-refractivity contribution in [2.45, 2.75) is 0 Å². The van der Waals surface area contributed by atoms with Crippen LogP contribution in [0.1, 0.15) is 10.4 Å². The van der Waals surface area contributed by atoms with Crippen LogP contribution in [0.3, 0.4) is 0 Å². The number of amides is 1.